The summed E-state index contributed by atoms with van der Waals surface area (Å²) >= 11 is 0. The first-order valence-electron chi connectivity index (χ1n) is 11.2. The number of pyridine rings is 1. The summed E-state index contributed by atoms with van der Waals surface area (Å²) < 4.78 is 11.2. The Morgan fingerprint density at radius 2 is 2.09 bits per heavy atom. The molecule has 2 unspecified atom stereocenters. The lowest BCUT2D eigenvalue weighted by molar-refractivity contribution is -0.131. The van der Waals surface area contributed by atoms with Gasteiger partial charge in [0.15, 0.2) is 0 Å². The summed E-state index contributed by atoms with van der Waals surface area (Å²) in [5, 5.41) is 1.04. The van der Waals surface area contributed by atoms with E-state index in [2.05, 4.69) is 20.9 Å². The molecular weight excluding hydrogens is 406 g/mol. The van der Waals surface area contributed by atoms with E-state index in [0.29, 0.717) is 18.5 Å². The van der Waals surface area contributed by atoms with Crippen molar-refractivity contribution in [3.63, 3.8) is 0 Å². The van der Waals surface area contributed by atoms with E-state index in [1.807, 2.05) is 35.4 Å². The van der Waals surface area contributed by atoms with Crippen molar-refractivity contribution in [3.8, 4) is 17.1 Å². The highest BCUT2D eigenvalue weighted by Gasteiger charge is 2.32. The molecular formula is C24H29N5O3. The molecule has 4 heterocycles. The van der Waals surface area contributed by atoms with Gasteiger partial charge < -0.3 is 19.4 Å². The third-order valence-corrected chi connectivity index (χ3v) is 6.60. The van der Waals surface area contributed by atoms with Gasteiger partial charge in [-0.1, -0.05) is 18.2 Å². The fourth-order valence-corrected chi connectivity index (χ4v) is 4.87. The second-order valence-corrected chi connectivity index (χ2v) is 8.49. The number of carbonyl (C=O) groups is 1. The minimum absolute atomic E-state index is 0.0717. The molecule has 2 saturated heterocycles. The molecule has 168 valence electrons. The lowest BCUT2D eigenvalue weighted by Crippen LogP contribution is -2.39. The van der Waals surface area contributed by atoms with E-state index >= 15 is 0 Å². The van der Waals surface area contributed by atoms with Gasteiger partial charge in [-0.3, -0.25) is 9.69 Å². The van der Waals surface area contributed by atoms with Crippen LogP contribution in [0.5, 0.6) is 5.88 Å². The number of rotatable bonds is 4. The van der Waals surface area contributed by atoms with Crippen LogP contribution in [0.1, 0.15) is 31.6 Å². The van der Waals surface area contributed by atoms with Crippen molar-refractivity contribution in [3.05, 3.63) is 42.4 Å². The molecule has 1 amide bonds. The largest absolute Gasteiger partial charge is 0.480 e. The minimum atomic E-state index is -0.0898. The van der Waals surface area contributed by atoms with E-state index in [1.54, 1.807) is 14.0 Å². The number of nitrogens with zero attached hydrogens (tertiary/aromatic N) is 4. The van der Waals surface area contributed by atoms with Gasteiger partial charge in [-0.2, -0.15) is 0 Å². The van der Waals surface area contributed by atoms with E-state index in [0.717, 1.165) is 67.1 Å². The van der Waals surface area contributed by atoms with E-state index in [4.69, 9.17) is 14.5 Å². The predicted molar refractivity (Wildman–Crippen MR) is 121 cm³/mol. The summed E-state index contributed by atoms with van der Waals surface area (Å²) in [4.78, 5) is 29.7. The summed E-state index contributed by atoms with van der Waals surface area (Å²) in [6, 6.07) is 10.4. The van der Waals surface area contributed by atoms with Crippen LogP contribution in [0, 0.1) is 0 Å². The van der Waals surface area contributed by atoms with Crippen LogP contribution in [0.25, 0.3) is 22.2 Å². The monoisotopic (exact) mass is 435 g/mol. The average Bonchev–Trinajstić information content (AvgIpc) is 3.47. The Morgan fingerprint density at radius 1 is 1.22 bits per heavy atom. The topological polar surface area (TPSA) is 83.6 Å². The Balaban J connectivity index is 1.45. The standard InChI is InChI=1S/C24H29N5O3/c1-16(30)29-11-10-28(18-8-12-32-15-18)9-7-22(29)23-25-14-21(26-23)19-13-17-5-3-4-6-20(17)27-24(19)31-2/h3-6,13-14,18,22H,7-12,15H2,1-2H3,(H,25,26). The number of hydrogen-bond acceptors (Lipinski definition) is 6. The Hall–Kier alpha value is -2.97. The fraction of sp³-hybridized carbons (Fsp3) is 0.458. The Morgan fingerprint density at radius 3 is 2.88 bits per heavy atom. The zero-order valence-electron chi connectivity index (χ0n) is 18.6. The molecule has 2 aromatic heterocycles. The number of nitrogens with one attached hydrogen (secondary N) is 1. The maximum atomic E-state index is 12.5. The van der Waals surface area contributed by atoms with Crippen molar-refractivity contribution in [1.29, 1.82) is 0 Å². The van der Waals surface area contributed by atoms with E-state index in [-0.39, 0.29) is 11.9 Å². The zero-order chi connectivity index (χ0) is 22.1. The number of hydrogen-bond donors (Lipinski definition) is 1. The molecule has 0 saturated carbocycles. The van der Waals surface area contributed by atoms with Gasteiger partial charge in [-0.25, -0.2) is 9.97 Å². The number of imidazole rings is 1. The van der Waals surface area contributed by atoms with Crippen molar-refractivity contribution in [2.45, 2.75) is 31.8 Å². The predicted octanol–water partition coefficient (Wildman–Crippen LogP) is 3.02. The van der Waals surface area contributed by atoms with E-state index in [1.165, 1.54) is 0 Å². The molecule has 2 fully saturated rings. The van der Waals surface area contributed by atoms with Gasteiger partial charge >= 0.3 is 0 Å². The highest BCUT2D eigenvalue weighted by molar-refractivity contribution is 5.85. The number of aromatic amines is 1. The lowest BCUT2D eigenvalue weighted by Gasteiger charge is -2.27. The number of carbonyl (C=O) groups excluding carboxylic acids is 1. The molecule has 0 spiro atoms. The smallest absolute Gasteiger partial charge is 0.223 e. The molecule has 0 bridgehead atoms. The van der Waals surface area contributed by atoms with Gasteiger partial charge in [0, 0.05) is 44.6 Å². The van der Waals surface area contributed by atoms with Gasteiger partial charge in [-0.15, -0.1) is 0 Å². The van der Waals surface area contributed by atoms with Crippen LogP contribution in [-0.4, -0.2) is 76.7 Å². The number of fused-ring (bicyclic) bond motifs is 1. The third kappa shape index (κ3) is 3.96. The third-order valence-electron chi connectivity index (χ3n) is 6.60. The molecule has 1 aromatic carbocycles. The molecule has 8 nitrogen and oxygen atoms in total. The summed E-state index contributed by atoms with van der Waals surface area (Å²) in [7, 11) is 1.63. The first-order valence-corrected chi connectivity index (χ1v) is 11.2. The van der Waals surface area contributed by atoms with Gasteiger partial charge in [0.2, 0.25) is 11.8 Å². The Bertz CT molecular complexity index is 1110. The number of para-hydroxylation sites is 1. The van der Waals surface area contributed by atoms with Crippen LogP contribution in [0.3, 0.4) is 0 Å². The van der Waals surface area contributed by atoms with Crippen molar-refractivity contribution < 1.29 is 14.3 Å². The van der Waals surface area contributed by atoms with Gasteiger partial charge in [-0.05, 0) is 25.0 Å². The summed E-state index contributed by atoms with van der Waals surface area (Å²) in [6.45, 7) is 5.71. The van der Waals surface area contributed by atoms with Crippen LogP contribution in [0.2, 0.25) is 0 Å². The SMILES string of the molecule is COc1nc2ccccc2cc1-c1cnc(C2CCN(C3CCOC3)CCN2C(C)=O)[nH]1. The van der Waals surface area contributed by atoms with Crippen LogP contribution in [0.15, 0.2) is 36.5 Å². The maximum absolute atomic E-state index is 12.5. The Kier molecular flexibility index (Phi) is 5.80. The van der Waals surface area contributed by atoms with Crippen molar-refractivity contribution >= 4 is 16.8 Å². The number of ether oxygens (including phenoxy) is 2. The molecule has 2 aliphatic heterocycles. The minimum Gasteiger partial charge on any atom is -0.480 e. The maximum Gasteiger partial charge on any atom is 0.223 e. The number of methoxy groups -OCH3 is 1. The Labute approximate surface area is 187 Å². The highest BCUT2D eigenvalue weighted by atomic mass is 16.5. The quantitative estimate of drug-likeness (QED) is 0.678. The molecule has 2 aliphatic rings. The molecule has 0 aliphatic carbocycles. The number of benzene rings is 1. The van der Waals surface area contributed by atoms with Crippen molar-refractivity contribution in [1.82, 2.24) is 24.8 Å². The first-order chi connectivity index (χ1) is 15.6. The van der Waals surface area contributed by atoms with Gasteiger partial charge in [0.1, 0.15) is 5.82 Å². The molecule has 8 heteroatoms. The second-order valence-electron chi connectivity index (χ2n) is 8.49. The summed E-state index contributed by atoms with van der Waals surface area (Å²) in [6.07, 6.45) is 3.70. The van der Waals surface area contributed by atoms with E-state index in [9.17, 15) is 4.79 Å². The highest BCUT2D eigenvalue weighted by Crippen LogP contribution is 2.33. The zero-order valence-corrected chi connectivity index (χ0v) is 18.6. The van der Waals surface area contributed by atoms with Crippen molar-refractivity contribution in [2.24, 2.45) is 0 Å². The second kappa shape index (κ2) is 8.88. The van der Waals surface area contributed by atoms with Crippen LogP contribution in [-0.2, 0) is 9.53 Å². The first kappa shape index (κ1) is 20.9. The molecule has 3 aromatic rings. The van der Waals surface area contributed by atoms with Crippen molar-refractivity contribution in [2.75, 3.05) is 40.0 Å². The number of amides is 1. The average molecular weight is 436 g/mol. The van der Waals surface area contributed by atoms with E-state index < -0.39 is 0 Å². The lowest BCUT2D eigenvalue weighted by atomic mass is 10.1. The molecule has 32 heavy (non-hydrogen) atoms. The molecule has 0 radical (unpaired) electrons. The number of H-pyrrole nitrogens is 1. The van der Waals surface area contributed by atoms with Crippen LogP contribution in [0.4, 0.5) is 0 Å². The fourth-order valence-electron chi connectivity index (χ4n) is 4.87. The van der Waals surface area contributed by atoms with Gasteiger partial charge in [0.25, 0.3) is 0 Å². The molecule has 2 atom stereocenters. The molecule has 1 N–H and O–H groups in total. The van der Waals surface area contributed by atoms with Crippen LogP contribution >= 0.6 is 0 Å². The number of aromatic nitrogens is 3. The summed E-state index contributed by atoms with van der Waals surface area (Å²) in [5.41, 5.74) is 2.58. The normalized spacial score (nSPS) is 22.2. The van der Waals surface area contributed by atoms with Gasteiger partial charge in [0.05, 0.1) is 42.7 Å². The summed E-state index contributed by atoms with van der Waals surface area (Å²) in [5.74, 6) is 1.42. The van der Waals surface area contributed by atoms with Crippen LogP contribution < -0.4 is 4.74 Å². The molecule has 5 rings (SSSR count).